The van der Waals surface area contributed by atoms with Crippen LogP contribution in [0.2, 0.25) is 0 Å². The predicted molar refractivity (Wildman–Crippen MR) is 48.8 cm³/mol. The van der Waals surface area contributed by atoms with Crippen LogP contribution in [0.15, 0.2) is 24.3 Å². The Kier molecular flexibility index (Phi) is 3.46. The molecular weight excluding hydrogens is 171 g/mol. The smallest absolute Gasteiger partial charge is 0.171 e. The van der Waals surface area contributed by atoms with Gasteiger partial charge in [-0.15, -0.1) is 0 Å². The van der Waals surface area contributed by atoms with Crippen LogP contribution in [0.25, 0.3) is 6.08 Å². The summed E-state index contributed by atoms with van der Waals surface area (Å²) in [6.45, 7) is 0.0386. The molecular formula is C10H11FO2. The van der Waals surface area contributed by atoms with Crippen molar-refractivity contribution in [2.45, 2.75) is 6.42 Å². The third kappa shape index (κ3) is 2.56. The maximum atomic E-state index is 13.1. The molecule has 13 heavy (non-hydrogen) atoms. The van der Waals surface area contributed by atoms with Crippen molar-refractivity contribution in [1.82, 2.24) is 0 Å². The fraction of sp³-hybridized carbons (Fsp3) is 0.200. The lowest BCUT2D eigenvalue weighted by molar-refractivity contribution is 0.303. The van der Waals surface area contributed by atoms with Gasteiger partial charge in [0.1, 0.15) is 0 Å². The van der Waals surface area contributed by atoms with Crippen molar-refractivity contribution in [1.29, 1.82) is 0 Å². The Morgan fingerprint density at radius 3 is 2.85 bits per heavy atom. The number of aromatic hydroxyl groups is 1. The van der Waals surface area contributed by atoms with E-state index in [9.17, 15) is 4.39 Å². The van der Waals surface area contributed by atoms with Gasteiger partial charge in [-0.1, -0.05) is 24.3 Å². The number of hydrogen-bond donors (Lipinski definition) is 2. The fourth-order valence-electron chi connectivity index (χ4n) is 0.951. The van der Waals surface area contributed by atoms with Crippen molar-refractivity contribution < 1.29 is 14.6 Å². The van der Waals surface area contributed by atoms with Crippen LogP contribution in [0, 0.1) is 5.82 Å². The van der Waals surface area contributed by atoms with Crippen molar-refractivity contribution >= 4 is 6.08 Å². The highest BCUT2D eigenvalue weighted by Gasteiger charge is 2.02. The number of aliphatic hydroxyl groups excluding tert-OH is 1. The zero-order chi connectivity index (χ0) is 9.68. The van der Waals surface area contributed by atoms with Crippen LogP contribution in [0.4, 0.5) is 4.39 Å². The van der Waals surface area contributed by atoms with E-state index in [1.165, 1.54) is 12.1 Å². The molecule has 0 radical (unpaired) electrons. The monoisotopic (exact) mass is 182 g/mol. The number of phenols is 1. The van der Waals surface area contributed by atoms with Crippen LogP contribution in [-0.4, -0.2) is 16.8 Å². The van der Waals surface area contributed by atoms with Crippen LogP contribution in [0.5, 0.6) is 5.75 Å². The molecule has 70 valence electrons. The maximum absolute atomic E-state index is 13.1. The largest absolute Gasteiger partial charge is 0.505 e. The van der Waals surface area contributed by atoms with E-state index >= 15 is 0 Å². The van der Waals surface area contributed by atoms with Crippen molar-refractivity contribution in [3.8, 4) is 5.75 Å². The minimum atomic E-state index is -0.628. The number of benzene rings is 1. The van der Waals surface area contributed by atoms with Crippen molar-refractivity contribution in [3.63, 3.8) is 0 Å². The maximum Gasteiger partial charge on any atom is 0.171 e. The van der Waals surface area contributed by atoms with Crippen LogP contribution >= 0.6 is 0 Å². The molecule has 0 heterocycles. The molecule has 0 spiro atoms. The van der Waals surface area contributed by atoms with Crippen molar-refractivity contribution in [2.24, 2.45) is 0 Å². The van der Waals surface area contributed by atoms with Gasteiger partial charge in [-0.25, -0.2) is 4.39 Å². The Balaban J connectivity index is 2.83. The molecule has 0 atom stereocenters. The number of rotatable bonds is 3. The first-order valence-electron chi connectivity index (χ1n) is 4.00. The Morgan fingerprint density at radius 2 is 2.15 bits per heavy atom. The summed E-state index contributed by atoms with van der Waals surface area (Å²) in [5.74, 6) is -0.983. The zero-order valence-corrected chi connectivity index (χ0v) is 7.07. The third-order valence-corrected chi connectivity index (χ3v) is 1.60. The second-order valence-electron chi connectivity index (χ2n) is 2.59. The lowest BCUT2D eigenvalue weighted by Gasteiger charge is -1.98. The third-order valence-electron chi connectivity index (χ3n) is 1.60. The van der Waals surface area contributed by atoms with Crippen LogP contribution < -0.4 is 0 Å². The molecule has 0 amide bonds. The quantitative estimate of drug-likeness (QED) is 0.749. The van der Waals surface area contributed by atoms with Gasteiger partial charge in [-0.2, -0.15) is 0 Å². The van der Waals surface area contributed by atoms with Crippen LogP contribution in [0.3, 0.4) is 0 Å². The SMILES string of the molecule is OCCC=Cc1cccc(O)c1F. The summed E-state index contributed by atoms with van der Waals surface area (Å²) < 4.78 is 13.1. The number of aliphatic hydroxyl groups is 1. The Morgan fingerprint density at radius 1 is 1.38 bits per heavy atom. The van der Waals surface area contributed by atoms with Crippen LogP contribution in [-0.2, 0) is 0 Å². The van der Waals surface area contributed by atoms with Gasteiger partial charge in [0.15, 0.2) is 11.6 Å². The second-order valence-corrected chi connectivity index (χ2v) is 2.59. The van der Waals surface area contributed by atoms with E-state index in [1.807, 2.05) is 0 Å². The van der Waals surface area contributed by atoms with E-state index in [2.05, 4.69) is 0 Å². The topological polar surface area (TPSA) is 40.5 Å². The average molecular weight is 182 g/mol. The van der Waals surface area contributed by atoms with Crippen molar-refractivity contribution in [2.75, 3.05) is 6.61 Å². The highest BCUT2D eigenvalue weighted by atomic mass is 19.1. The summed E-state index contributed by atoms with van der Waals surface area (Å²) in [4.78, 5) is 0. The molecule has 0 bridgehead atoms. The molecule has 3 heteroatoms. The molecule has 2 nitrogen and oxygen atoms in total. The number of halogens is 1. The lowest BCUT2D eigenvalue weighted by Crippen LogP contribution is -1.82. The second kappa shape index (κ2) is 4.62. The molecule has 0 saturated heterocycles. The van der Waals surface area contributed by atoms with E-state index in [0.717, 1.165) is 0 Å². The Labute approximate surface area is 76.0 Å². The summed E-state index contributed by atoms with van der Waals surface area (Å²) in [6, 6.07) is 4.42. The summed E-state index contributed by atoms with van der Waals surface area (Å²) in [6.07, 6.45) is 3.66. The van der Waals surface area contributed by atoms with Crippen molar-refractivity contribution in [3.05, 3.63) is 35.7 Å². The number of phenolic OH excluding ortho intramolecular Hbond substituents is 1. The first-order chi connectivity index (χ1) is 6.25. The Hall–Kier alpha value is -1.35. The van der Waals surface area contributed by atoms with Gasteiger partial charge in [0.2, 0.25) is 0 Å². The molecule has 0 aliphatic heterocycles. The van der Waals surface area contributed by atoms with Gasteiger partial charge >= 0.3 is 0 Å². The molecule has 0 fully saturated rings. The molecule has 0 aliphatic carbocycles. The summed E-state index contributed by atoms with van der Waals surface area (Å²) in [5, 5.41) is 17.5. The van der Waals surface area contributed by atoms with E-state index in [-0.39, 0.29) is 12.4 Å². The van der Waals surface area contributed by atoms with E-state index in [4.69, 9.17) is 10.2 Å². The molecule has 0 saturated carbocycles. The van der Waals surface area contributed by atoms with Gasteiger partial charge in [0.05, 0.1) is 0 Å². The molecule has 1 rings (SSSR count). The highest BCUT2D eigenvalue weighted by Crippen LogP contribution is 2.19. The molecule has 0 aliphatic rings. The zero-order valence-electron chi connectivity index (χ0n) is 7.07. The Bertz CT molecular complexity index is 308. The highest BCUT2D eigenvalue weighted by molar-refractivity contribution is 5.52. The lowest BCUT2D eigenvalue weighted by atomic mass is 10.2. The molecule has 0 unspecified atom stereocenters. The standard InChI is InChI=1S/C10H11FO2/c11-10-8(4-1-2-7-12)5-3-6-9(10)13/h1,3-6,12-13H,2,7H2. The van der Waals surface area contributed by atoms with E-state index < -0.39 is 5.82 Å². The van der Waals surface area contributed by atoms with E-state index in [0.29, 0.717) is 12.0 Å². The average Bonchev–Trinajstić information content (AvgIpc) is 2.13. The van der Waals surface area contributed by atoms with E-state index in [1.54, 1.807) is 18.2 Å². The summed E-state index contributed by atoms with van der Waals surface area (Å²) >= 11 is 0. The first-order valence-corrected chi connectivity index (χ1v) is 4.00. The van der Waals surface area contributed by atoms with Gasteiger partial charge < -0.3 is 10.2 Å². The van der Waals surface area contributed by atoms with Crippen LogP contribution in [0.1, 0.15) is 12.0 Å². The van der Waals surface area contributed by atoms with Gasteiger partial charge in [0, 0.05) is 12.2 Å². The molecule has 1 aromatic rings. The van der Waals surface area contributed by atoms with Gasteiger partial charge in [0.25, 0.3) is 0 Å². The number of hydrogen-bond acceptors (Lipinski definition) is 2. The molecule has 2 N–H and O–H groups in total. The summed E-state index contributed by atoms with van der Waals surface area (Å²) in [5.41, 5.74) is 0.327. The normalized spacial score (nSPS) is 10.9. The minimum Gasteiger partial charge on any atom is -0.505 e. The fourth-order valence-corrected chi connectivity index (χ4v) is 0.951. The molecule has 1 aromatic carbocycles. The minimum absolute atomic E-state index is 0.0386. The first kappa shape index (κ1) is 9.74. The van der Waals surface area contributed by atoms with Gasteiger partial charge in [-0.3, -0.25) is 0 Å². The molecule has 0 aromatic heterocycles. The van der Waals surface area contributed by atoms with Gasteiger partial charge in [-0.05, 0) is 12.5 Å². The summed E-state index contributed by atoms with van der Waals surface area (Å²) in [7, 11) is 0. The predicted octanol–water partition coefficient (Wildman–Crippen LogP) is 1.93.